The lowest BCUT2D eigenvalue weighted by Gasteiger charge is -2.31. The summed E-state index contributed by atoms with van der Waals surface area (Å²) in [7, 11) is 0. The Balaban J connectivity index is 1.75. The highest BCUT2D eigenvalue weighted by Gasteiger charge is 2.43. The Kier molecular flexibility index (Phi) is 5.21. The number of rotatable bonds is 4. The first kappa shape index (κ1) is 19.7. The van der Waals surface area contributed by atoms with E-state index in [1.165, 1.54) is 0 Å². The number of imidazole rings is 1. The third kappa shape index (κ3) is 3.46. The average molecular weight is 413 g/mol. The molecule has 0 saturated carbocycles. The molecule has 0 unspecified atom stereocenters. The summed E-state index contributed by atoms with van der Waals surface area (Å²) in [5, 5.41) is 3.54. The molecule has 2 amide bonds. The number of carbonyl (C=O) groups is 2. The van der Waals surface area contributed by atoms with Crippen molar-refractivity contribution < 1.29 is 9.59 Å². The maximum Gasteiger partial charge on any atom is 0.253 e. The van der Waals surface area contributed by atoms with Gasteiger partial charge in [0.05, 0.1) is 11.0 Å². The van der Waals surface area contributed by atoms with E-state index in [1.54, 1.807) is 12.1 Å². The Bertz CT molecular complexity index is 1030. The van der Waals surface area contributed by atoms with Crippen molar-refractivity contribution >= 4 is 34.4 Å². The van der Waals surface area contributed by atoms with E-state index in [-0.39, 0.29) is 11.8 Å². The van der Waals surface area contributed by atoms with Gasteiger partial charge in [0.25, 0.3) is 5.91 Å². The molecule has 0 radical (unpaired) electrons. The molecule has 1 saturated heterocycles. The normalized spacial score (nSPS) is 21.8. The van der Waals surface area contributed by atoms with Crippen LogP contribution in [0.4, 0.5) is 0 Å². The van der Waals surface area contributed by atoms with Crippen LogP contribution in [0, 0.1) is 0 Å². The van der Waals surface area contributed by atoms with Gasteiger partial charge in [0.15, 0.2) is 0 Å². The summed E-state index contributed by atoms with van der Waals surface area (Å²) < 4.78 is 0. The van der Waals surface area contributed by atoms with Gasteiger partial charge in [0.1, 0.15) is 11.2 Å². The van der Waals surface area contributed by atoms with Gasteiger partial charge in [-0.1, -0.05) is 23.8 Å². The molecule has 1 fully saturated rings. The summed E-state index contributed by atoms with van der Waals surface area (Å²) in [6, 6.07) is 5.42. The molecule has 6 nitrogen and oxygen atoms in total. The third-order valence-corrected chi connectivity index (χ3v) is 5.98. The van der Waals surface area contributed by atoms with Crippen LogP contribution in [0.15, 0.2) is 41.5 Å². The molecule has 2 N–H and O–H groups in total. The first-order chi connectivity index (χ1) is 13.9. The van der Waals surface area contributed by atoms with E-state index < -0.39 is 5.41 Å². The molecule has 2 aliphatic rings. The van der Waals surface area contributed by atoms with Crippen molar-refractivity contribution in [2.24, 2.45) is 0 Å². The zero-order valence-electron chi connectivity index (χ0n) is 16.7. The second-order valence-corrected chi connectivity index (χ2v) is 8.16. The molecule has 7 heteroatoms. The van der Waals surface area contributed by atoms with Crippen LogP contribution in [0.3, 0.4) is 0 Å². The van der Waals surface area contributed by atoms with Gasteiger partial charge in [-0.25, -0.2) is 4.98 Å². The van der Waals surface area contributed by atoms with Gasteiger partial charge in [0, 0.05) is 30.2 Å². The summed E-state index contributed by atoms with van der Waals surface area (Å²) in [6.07, 6.45) is 6.25. The molecule has 152 valence electrons. The van der Waals surface area contributed by atoms with Gasteiger partial charge >= 0.3 is 0 Å². The SMILES string of the molecule is CCNC(=O)[C@]1(c2nc3ccc(Cl)cc3[nH]2)C=C(C)C(C(=O)N2CCCC2)=CC1. The number of H-pyrrole nitrogens is 1. The Morgan fingerprint density at radius 1 is 1.31 bits per heavy atom. The van der Waals surface area contributed by atoms with Gasteiger partial charge < -0.3 is 15.2 Å². The highest BCUT2D eigenvalue weighted by molar-refractivity contribution is 6.31. The third-order valence-electron chi connectivity index (χ3n) is 5.75. The van der Waals surface area contributed by atoms with Gasteiger partial charge in [-0.05, 0) is 56.9 Å². The number of likely N-dealkylation sites (N-methyl/N-ethyl adjacent to an activating group) is 1. The second kappa shape index (κ2) is 7.67. The van der Waals surface area contributed by atoms with E-state index >= 15 is 0 Å². The number of carbonyl (C=O) groups excluding carboxylic acids is 2. The van der Waals surface area contributed by atoms with Crippen molar-refractivity contribution in [1.29, 1.82) is 0 Å². The van der Waals surface area contributed by atoms with Gasteiger partial charge in [0.2, 0.25) is 5.91 Å². The minimum absolute atomic E-state index is 0.0529. The van der Waals surface area contributed by atoms with Crippen LogP contribution in [-0.4, -0.2) is 46.3 Å². The van der Waals surface area contributed by atoms with E-state index in [2.05, 4.69) is 10.3 Å². The fourth-order valence-electron chi connectivity index (χ4n) is 4.22. The summed E-state index contributed by atoms with van der Waals surface area (Å²) in [5.74, 6) is 0.481. The Morgan fingerprint density at radius 3 is 2.76 bits per heavy atom. The molecule has 0 spiro atoms. The molecule has 0 bridgehead atoms. The second-order valence-electron chi connectivity index (χ2n) is 7.73. The van der Waals surface area contributed by atoms with E-state index in [1.807, 2.05) is 37.0 Å². The predicted octanol–water partition coefficient (Wildman–Crippen LogP) is 3.49. The zero-order chi connectivity index (χ0) is 20.6. The highest BCUT2D eigenvalue weighted by Crippen LogP contribution is 2.37. The number of hydrogen-bond acceptors (Lipinski definition) is 3. The van der Waals surface area contributed by atoms with Crippen LogP contribution in [0.25, 0.3) is 11.0 Å². The molecule has 1 aromatic carbocycles. The van der Waals surface area contributed by atoms with Crippen molar-refractivity contribution in [2.75, 3.05) is 19.6 Å². The first-order valence-electron chi connectivity index (χ1n) is 10.1. The van der Waals surface area contributed by atoms with Gasteiger partial charge in [-0.3, -0.25) is 9.59 Å². The van der Waals surface area contributed by atoms with E-state index in [0.29, 0.717) is 29.4 Å². The average Bonchev–Trinajstić information content (AvgIpc) is 3.37. The quantitative estimate of drug-likeness (QED) is 0.806. The molecule has 1 aliphatic carbocycles. The molecule has 29 heavy (non-hydrogen) atoms. The van der Waals surface area contributed by atoms with Crippen molar-refractivity contribution in [1.82, 2.24) is 20.2 Å². The fraction of sp³-hybridized carbons (Fsp3) is 0.409. The van der Waals surface area contributed by atoms with E-state index in [9.17, 15) is 9.59 Å². The number of likely N-dealkylation sites (tertiary alicyclic amines) is 1. The van der Waals surface area contributed by atoms with Crippen LogP contribution in [-0.2, 0) is 15.0 Å². The minimum Gasteiger partial charge on any atom is -0.355 e. The lowest BCUT2D eigenvalue weighted by molar-refractivity contribution is -0.127. The number of amides is 2. The summed E-state index contributed by atoms with van der Waals surface area (Å²) in [5.41, 5.74) is 2.04. The van der Waals surface area contributed by atoms with Gasteiger partial charge in [-0.2, -0.15) is 0 Å². The number of halogens is 1. The van der Waals surface area contributed by atoms with Crippen LogP contribution in [0.5, 0.6) is 0 Å². The molecular formula is C22H25ClN4O2. The summed E-state index contributed by atoms with van der Waals surface area (Å²) >= 11 is 6.11. The number of nitrogens with zero attached hydrogens (tertiary/aromatic N) is 2. The number of aromatic nitrogens is 2. The topological polar surface area (TPSA) is 78.1 Å². The van der Waals surface area contributed by atoms with Crippen molar-refractivity contribution in [2.45, 2.75) is 38.5 Å². The molecule has 4 rings (SSSR count). The number of benzene rings is 1. The largest absolute Gasteiger partial charge is 0.355 e. The molecule has 1 aromatic heterocycles. The Morgan fingerprint density at radius 2 is 2.07 bits per heavy atom. The number of fused-ring (bicyclic) bond motifs is 1. The predicted molar refractivity (Wildman–Crippen MR) is 114 cm³/mol. The lowest BCUT2D eigenvalue weighted by Crippen LogP contribution is -2.45. The maximum absolute atomic E-state index is 13.2. The molecule has 2 aromatic rings. The fourth-order valence-corrected chi connectivity index (χ4v) is 4.39. The summed E-state index contributed by atoms with van der Waals surface area (Å²) in [6.45, 7) is 5.90. The number of hydrogen-bond donors (Lipinski definition) is 2. The van der Waals surface area contributed by atoms with E-state index in [4.69, 9.17) is 16.6 Å². The van der Waals surface area contributed by atoms with Crippen LogP contribution < -0.4 is 5.32 Å². The Hall–Kier alpha value is -2.60. The van der Waals surface area contributed by atoms with Crippen LogP contribution >= 0.6 is 11.6 Å². The minimum atomic E-state index is -0.986. The van der Waals surface area contributed by atoms with Crippen LogP contribution in [0.1, 0.15) is 38.9 Å². The van der Waals surface area contributed by atoms with Gasteiger partial charge in [-0.15, -0.1) is 0 Å². The van der Waals surface area contributed by atoms with Crippen molar-refractivity contribution in [3.05, 3.63) is 52.3 Å². The smallest absolute Gasteiger partial charge is 0.253 e. The lowest BCUT2D eigenvalue weighted by atomic mass is 9.75. The highest BCUT2D eigenvalue weighted by atomic mass is 35.5. The number of nitrogens with one attached hydrogen (secondary N) is 2. The van der Waals surface area contributed by atoms with Crippen molar-refractivity contribution in [3.63, 3.8) is 0 Å². The Labute approximate surface area is 175 Å². The van der Waals surface area contributed by atoms with E-state index in [0.717, 1.165) is 42.5 Å². The number of aromatic amines is 1. The monoisotopic (exact) mass is 412 g/mol. The molecule has 1 atom stereocenters. The maximum atomic E-state index is 13.2. The standard InChI is InChI=1S/C22H25ClN4O2/c1-3-24-21(29)22(20-25-17-7-6-15(23)12-18(17)26-20)9-8-16(14(2)13-22)19(28)27-10-4-5-11-27/h6-8,12-13H,3-5,9-11H2,1-2H3,(H,24,29)(H,25,26)/t22-/m0/s1. The van der Waals surface area contributed by atoms with Crippen molar-refractivity contribution in [3.8, 4) is 0 Å². The summed E-state index contributed by atoms with van der Waals surface area (Å²) in [4.78, 5) is 36.0. The first-order valence-corrected chi connectivity index (χ1v) is 10.5. The molecule has 1 aliphatic heterocycles. The number of allylic oxidation sites excluding steroid dienone is 1. The molecular weight excluding hydrogens is 388 g/mol. The molecule has 2 heterocycles. The zero-order valence-corrected chi connectivity index (χ0v) is 17.5. The van der Waals surface area contributed by atoms with Crippen LogP contribution in [0.2, 0.25) is 5.02 Å².